The molecule has 0 bridgehead atoms. The van der Waals surface area contributed by atoms with Crippen LogP contribution in [0.1, 0.15) is 33.1 Å². The van der Waals surface area contributed by atoms with Crippen LogP contribution in [0.5, 0.6) is 0 Å². The van der Waals surface area contributed by atoms with Gasteiger partial charge in [0, 0.05) is 18.0 Å². The molecule has 1 saturated heterocycles. The fraction of sp³-hybridized carbons (Fsp3) is 0.647. The van der Waals surface area contributed by atoms with E-state index in [4.69, 9.17) is 4.79 Å². The third kappa shape index (κ3) is 7.09. The van der Waals surface area contributed by atoms with Gasteiger partial charge in [0.25, 0.3) is 0 Å². The van der Waals surface area contributed by atoms with Crippen molar-refractivity contribution in [3.8, 4) is 0 Å². The van der Waals surface area contributed by atoms with Gasteiger partial charge in [-0.15, -0.1) is 0 Å². The lowest BCUT2D eigenvalue weighted by atomic mass is 9.90. The molecule has 0 saturated carbocycles. The summed E-state index contributed by atoms with van der Waals surface area (Å²) in [6.07, 6.45) is 8.65. The van der Waals surface area contributed by atoms with Gasteiger partial charge in [-0.05, 0) is 76.4 Å². The van der Waals surface area contributed by atoms with Crippen molar-refractivity contribution in [2.75, 3.05) is 19.6 Å². The molecular formula is C17H28FN3O. The van der Waals surface area contributed by atoms with E-state index in [9.17, 15) is 4.39 Å². The number of alkyl halides is 1. The first-order valence-electron chi connectivity index (χ1n) is 7.84. The highest BCUT2D eigenvalue weighted by atomic mass is 19.1. The summed E-state index contributed by atoms with van der Waals surface area (Å²) in [5.41, 5.74) is 1.10. The molecule has 0 aromatic heterocycles. The number of hydrogen-bond acceptors (Lipinski definition) is 4. The van der Waals surface area contributed by atoms with Crippen LogP contribution in [-0.4, -0.2) is 44.3 Å². The first-order valence-corrected chi connectivity index (χ1v) is 7.84. The van der Waals surface area contributed by atoms with Crippen molar-refractivity contribution in [2.45, 2.75) is 44.8 Å². The Labute approximate surface area is 133 Å². The van der Waals surface area contributed by atoms with Crippen molar-refractivity contribution in [3.63, 3.8) is 0 Å². The molecule has 2 unspecified atom stereocenters. The minimum atomic E-state index is -1.01. The molecule has 1 fully saturated rings. The molecule has 22 heavy (non-hydrogen) atoms. The van der Waals surface area contributed by atoms with Crippen LogP contribution in [0.15, 0.2) is 28.9 Å². The third-order valence-electron chi connectivity index (χ3n) is 3.95. The molecule has 2 rings (SSSR count). The molecule has 124 valence electrons. The summed E-state index contributed by atoms with van der Waals surface area (Å²) in [5.74, 6) is 0.774. The number of carbonyl (C=O) groups excluding carboxylic acids is 1. The summed E-state index contributed by atoms with van der Waals surface area (Å²) in [6, 6.07) is 0. The van der Waals surface area contributed by atoms with Crippen LogP contribution in [-0.2, 0) is 4.79 Å². The Kier molecular flexibility index (Phi) is 8.20. The van der Waals surface area contributed by atoms with E-state index in [0.717, 1.165) is 37.5 Å². The normalized spacial score (nSPS) is 24.4. The Bertz CT molecular complexity index is 412. The second kappa shape index (κ2) is 9.64. The first kappa shape index (κ1) is 18.7. The maximum atomic E-state index is 13.4. The Morgan fingerprint density at radius 2 is 2.27 bits per heavy atom. The molecule has 0 radical (unpaired) electrons. The lowest BCUT2D eigenvalue weighted by Crippen LogP contribution is -2.42. The van der Waals surface area contributed by atoms with Crippen molar-refractivity contribution in [2.24, 2.45) is 10.9 Å². The van der Waals surface area contributed by atoms with Crippen molar-refractivity contribution in [3.05, 3.63) is 23.9 Å². The van der Waals surface area contributed by atoms with E-state index in [1.54, 1.807) is 12.3 Å². The Morgan fingerprint density at radius 1 is 1.50 bits per heavy atom. The van der Waals surface area contributed by atoms with Gasteiger partial charge in [0.2, 0.25) is 0 Å². The van der Waals surface area contributed by atoms with Crippen LogP contribution in [0, 0.1) is 5.92 Å². The zero-order valence-corrected chi connectivity index (χ0v) is 13.6. The fourth-order valence-corrected chi connectivity index (χ4v) is 2.95. The van der Waals surface area contributed by atoms with Gasteiger partial charge >= 0.3 is 0 Å². The number of aliphatic imine (C=N–C) groups is 1. The molecule has 0 amide bonds. The standard InChI is InChI=1S/C16H26FN3.CH2O/c1-16(2,10-14-3-6-18-12-14)20-8-4-13-9-15(17)5-7-19-11-13;1-2/h5,7,9,11,14-15,18,20H,3-4,6,8,10,12H2,1-2H3;1H2. The van der Waals surface area contributed by atoms with E-state index in [1.807, 2.05) is 6.79 Å². The highest BCUT2D eigenvalue weighted by Gasteiger charge is 2.24. The van der Waals surface area contributed by atoms with Crippen LogP contribution in [0.4, 0.5) is 4.39 Å². The van der Waals surface area contributed by atoms with Gasteiger partial charge in [-0.2, -0.15) is 0 Å². The van der Waals surface area contributed by atoms with E-state index < -0.39 is 6.17 Å². The fourth-order valence-electron chi connectivity index (χ4n) is 2.95. The molecule has 2 heterocycles. The number of nitrogens with one attached hydrogen (secondary N) is 2. The van der Waals surface area contributed by atoms with Crippen LogP contribution >= 0.6 is 0 Å². The maximum Gasteiger partial charge on any atom is 0.139 e. The van der Waals surface area contributed by atoms with Gasteiger partial charge in [0.15, 0.2) is 0 Å². The summed E-state index contributed by atoms with van der Waals surface area (Å²) in [4.78, 5) is 12.1. The zero-order chi connectivity index (χ0) is 16.4. The van der Waals surface area contributed by atoms with Crippen molar-refractivity contribution in [1.82, 2.24) is 10.6 Å². The third-order valence-corrected chi connectivity index (χ3v) is 3.95. The summed E-state index contributed by atoms with van der Waals surface area (Å²) in [6.45, 7) is 9.64. The number of halogens is 1. The molecule has 2 N–H and O–H groups in total. The Morgan fingerprint density at radius 3 is 2.95 bits per heavy atom. The molecule has 4 nitrogen and oxygen atoms in total. The minimum Gasteiger partial charge on any atom is -0.316 e. The largest absolute Gasteiger partial charge is 0.316 e. The number of hydrogen-bond donors (Lipinski definition) is 2. The molecule has 0 aromatic carbocycles. The van der Waals surface area contributed by atoms with Gasteiger partial charge in [-0.3, -0.25) is 4.99 Å². The minimum absolute atomic E-state index is 0.131. The Hall–Kier alpha value is -1.33. The lowest BCUT2D eigenvalue weighted by molar-refractivity contribution is -0.0979. The van der Waals surface area contributed by atoms with Crippen molar-refractivity contribution < 1.29 is 9.18 Å². The molecule has 2 aliphatic heterocycles. The summed E-state index contributed by atoms with van der Waals surface area (Å²) in [5, 5.41) is 7.01. The first-order chi connectivity index (χ1) is 10.6. The Balaban J connectivity index is 0.00000116. The summed E-state index contributed by atoms with van der Waals surface area (Å²) < 4.78 is 13.4. The zero-order valence-electron chi connectivity index (χ0n) is 13.6. The average Bonchev–Trinajstić information content (AvgIpc) is 2.88. The van der Waals surface area contributed by atoms with Crippen molar-refractivity contribution >= 4 is 13.0 Å². The van der Waals surface area contributed by atoms with Gasteiger partial charge in [0.1, 0.15) is 13.0 Å². The summed E-state index contributed by atoms with van der Waals surface area (Å²) in [7, 11) is 0. The topological polar surface area (TPSA) is 53.5 Å². The number of nitrogens with zero attached hydrogens (tertiary/aromatic N) is 1. The molecular weight excluding hydrogens is 281 g/mol. The smallest absolute Gasteiger partial charge is 0.139 e. The molecule has 0 spiro atoms. The van der Waals surface area contributed by atoms with Gasteiger partial charge in [0.05, 0.1) is 0 Å². The average molecular weight is 309 g/mol. The molecule has 2 aliphatic rings. The van der Waals surface area contributed by atoms with Gasteiger partial charge < -0.3 is 15.4 Å². The van der Waals surface area contributed by atoms with E-state index in [1.165, 1.54) is 25.1 Å². The van der Waals surface area contributed by atoms with Crippen LogP contribution in [0.3, 0.4) is 0 Å². The van der Waals surface area contributed by atoms with Crippen LogP contribution in [0.2, 0.25) is 0 Å². The predicted molar refractivity (Wildman–Crippen MR) is 90.0 cm³/mol. The molecule has 2 atom stereocenters. The number of carbonyl (C=O) groups is 1. The van der Waals surface area contributed by atoms with Crippen LogP contribution in [0.25, 0.3) is 0 Å². The van der Waals surface area contributed by atoms with Gasteiger partial charge in [-0.1, -0.05) is 0 Å². The second-order valence-electron chi connectivity index (χ2n) is 6.43. The number of allylic oxidation sites excluding steroid dienone is 2. The molecule has 0 aliphatic carbocycles. The SMILES string of the molecule is C=O.CC(C)(CC1CCNC1)NCCC1=CC(F)C=CN=C1. The van der Waals surface area contributed by atoms with E-state index in [-0.39, 0.29) is 5.54 Å². The van der Waals surface area contributed by atoms with Gasteiger partial charge in [-0.25, -0.2) is 4.39 Å². The number of rotatable bonds is 6. The van der Waals surface area contributed by atoms with E-state index in [2.05, 4.69) is 29.5 Å². The molecule has 5 heteroatoms. The van der Waals surface area contributed by atoms with E-state index >= 15 is 0 Å². The molecule has 0 aromatic rings. The van der Waals surface area contributed by atoms with Crippen molar-refractivity contribution in [1.29, 1.82) is 0 Å². The lowest BCUT2D eigenvalue weighted by Gasteiger charge is -2.29. The predicted octanol–water partition coefficient (Wildman–Crippen LogP) is 2.42. The monoisotopic (exact) mass is 309 g/mol. The van der Waals surface area contributed by atoms with E-state index in [0.29, 0.717) is 0 Å². The maximum absolute atomic E-state index is 13.4. The highest BCUT2D eigenvalue weighted by Crippen LogP contribution is 2.21. The summed E-state index contributed by atoms with van der Waals surface area (Å²) >= 11 is 0. The quantitative estimate of drug-likeness (QED) is 0.792. The van der Waals surface area contributed by atoms with Crippen LogP contribution < -0.4 is 10.6 Å². The second-order valence-corrected chi connectivity index (χ2v) is 6.43. The highest BCUT2D eigenvalue weighted by molar-refractivity contribution is 5.79.